The zero-order chi connectivity index (χ0) is 10.7. The lowest BCUT2D eigenvalue weighted by atomic mass is 10.6. The summed E-state index contributed by atoms with van der Waals surface area (Å²) >= 11 is 5.70. The van der Waals surface area contributed by atoms with Crippen LogP contribution in [0.3, 0.4) is 0 Å². The summed E-state index contributed by atoms with van der Waals surface area (Å²) < 4.78 is 1.82. The van der Waals surface area contributed by atoms with Gasteiger partial charge >= 0.3 is 0 Å². The largest absolute Gasteiger partial charge is 0.322 e. The van der Waals surface area contributed by atoms with Gasteiger partial charge in [0, 0.05) is 18.8 Å². The first-order chi connectivity index (χ1) is 7.28. The highest BCUT2D eigenvalue weighted by molar-refractivity contribution is 6.29. The fraction of sp³-hybridized carbons (Fsp3) is 0.222. The molecular formula is C9H10ClN5. The van der Waals surface area contributed by atoms with Crippen LogP contribution in [0.1, 0.15) is 6.92 Å². The summed E-state index contributed by atoms with van der Waals surface area (Å²) in [5.41, 5.74) is 0. The van der Waals surface area contributed by atoms with Crippen molar-refractivity contribution < 1.29 is 0 Å². The van der Waals surface area contributed by atoms with E-state index in [0.29, 0.717) is 11.0 Å². The fourth-order valence-electron chi connectivity index (χ4n) is 1.14. The van der Waals surface area contributed by atoms with Crippen molar-refractivity contribution in [1.29, 1.82) is 0 Å². The van der Waals surface area contributed by atoms with Crippen molar-refractivity contribution >= 4 is 23.2 Å². The molecule has 0 atom stereocenters. The van der Waals surface area contributed by atoms with Crippen molar-refractivity contribution in [3.05, 3.63) is 29.8 Å². The highest BCUT2D eigenvalue weighted by Gasteiger charge is 2.00. The zero-order valence-corrected chi connectivity index (χ0v) is 8.94. The van der Waals surface area contributed by atoms with E-state index in [-0.39, 0.29) is 0 Å². The van der Waals surface area contributed by atoms with Crippen LogP contribution in [-0.2, 0) is 6.54 Å². The van der Waals surface area contributed by atoms with Crippen LogP contribution >= 0.6 is 11.6 Å². The second-order valence-electron chi connectivity index (χ2n) is 2.91. The van der Waals surface area contributed by atoms with Gasteiger partial charge in [-0.2, -0.15) is 5.10 Å². The van der Waals surface area contributed by atoms with Gasteiger partial charge in [-0.05, 0) is 6.92 Å². The standard InChI is InChI=1S/C9H10ClN5/c1-2-15-4-3-8(14-15)13-9-6-11-5-7(10)12-9/h3-6H,2H2,1H3,(H,12,13,14). The van der Waals surface area contributed by atoms with Gasteiger partial charge in [-0.3, -0.25) is 9.67 Å². The Hall–Kier alpha value is -1.62. The lowest BCUT2D eigenvalue weighted by Gasteiger charge is -2.00. The Labute approximate surface area is 92.1 Å². The molecule has 0 aliphatic heterocycles. The van der Waals surface area contributed by atoms with Gasteiger partial charge in [0.15, 0.2) is 11.6 Å². The first-order valence-corrected chi connectivity index (χ1v) is 4.94. The molecule has 0 saturated carbocycles. The van der Waals surface area contributed by atoms with Crippen LogP contribution in [0.4, 0.5) is 11.6 Å². The topological polar surface area (TPSA) is 55.6 Å². The Kier molecular flexibility index (Phi) is 2.82. The molecule has 2 heterocycles. The van der Waals surface area contributed by atoms with Crippen LogP contribution in [-0.4, -0.2) is 19.7 Å². The Morgan fingerprint density at radius 3 is 2.93 bits per heavy atom. The predicted octanol–water partition coefficient (Wildman–Crippen LogP) is 2.09. The molecule has 1 N–H and O–H groups in total. The van der Waals surface area contributed by atoms with E-state index in [4.69, 9.17) is 11.6 Å². The number of aryl methyl sites for hydroxylation is 1. The maximum absolute atomic E-state index is 5.70. The van der Waals surface area contributed by atoms with E-state index in [9.17, 15) is 0 Å². The maximum Gasteiger partial charge on any atom is 0.153 e. The summed E-state index contributed by atoms with van der Waals surface area (Å²) in [7, 11) is 0. The summed E-state index contributed by atoms with van der Waals surface area (Å²) in [5.74, 6) is 1.32. The molecule has 0 bridgehead atoms. The minimum Gasteiger partial charge on any atom is -0.322 e. The number of hydrogen-bond acceptors (Lipinski definition) is 4. The number of rotatable bonds is 3. The number of nitrogens with one attached hydrogen (secondary N) is 1. The van der Waals surface area contributed by atoms with Crippen LogP contribution in [0.15, 0.2) is 24.7 Å². The highest BCUT2D eigenvalue weighted by atomic mass is 35.5. The van der Waals surface area contributed by atoms with Gasteiger partial charge in [0.1, 0.15) is 5.15 Å². The van der Waals surface area contributed by atoms with Gasteiger partial charge in [0.2, 0.25) is 0 Å². The summed E-state index contributed by atoms with van der Waals surface area (Å²) in [6.45, 7) is 2.86. The zero-order valence-electron chi connectivity index (χ0n) is 8.18. The summed E-state index contributed by atoms with van der Waals surface area (Å²) in [5, 5.41) is 7.61. The van der Waals surface area contributed by atoms with Crippen LogP contribution < -0.4 is 5.32 Å². The molecule has 0 saturated heterocycles. The Balaban J connectivity index is 2.14. The van der Waals surface area contributed by atoms with E-state index in [2.05, 4.69) is 20.4 Å². The van der Waals surface area contributed by atoms with Crippen LogP contribution in [0.2, 0.25) is 5.15 Å². The van der Waals surface area contributed by atoms with Crippen LogP contribution in [0.25, 0.3) is 0 Å². The third-order valence-electron chi connectivity index (χ3n) is 1.83. The number of halogens is 1. The number of hydrogen-bond donors (Lipinski definition) is 1. The Bertz CT molecular complexity index is 453. The quantitative estimate of drug-likeness (QED) is 0.866. The molecule has 0 aromatic carbocycles. The molecule has 2 aromatic rings. The monoisotopic (exact) mass is 223 g/mol. The molecule has 2 rings (SSSR count). The average molecular weight is 224 g/mol. The van der Waals surface area contributed by atoms with E-state index in [1.54, 1.807) is 6.20 Å². The third-order valence-corrected chi connectivity index (χ3v) is 2.01. The molecular weight excluding hydrogens is 214 g/mol. The van der Waals surface area contributed by atoms with Crippen molar-refractivity contribution in [2.75, 3.05) is 5.32 Å². The van der Waals surface area contributed by atoms with E-state index < -0.39 is 0 Å². The van der Waals surface area contributed by atoms with E-state index in [1.807, 2.05) is 23.9 Å². The van der Waals surface area contributed by atoms with Gasteiger partial charge in [0.25, 0.3) is 0 Å². The molecule has 0 unspecified atom stereocenters. The van der Waals surface area contributed by atoms with E-state index in [1.165, 1.54) is 6.20 Å². The lowest BCUT2D eigenvalue weighted by Crippen LogP contribution is -1.98. The normalized spacial score (nSPS) is 10.3. The third kappa shape index (κ3) is 2.44. The van der Waals surface area contributed by atoms with Gasteiger partial charge in [-0.1, -0.05) is 11.6 Å². The Morgan fingerprint density at radius 1 is 1.40 bits per heavy atom. The molecule has 0 amide bonds. The molecule has 2 aromatic heterocycles. The first kappa shape index (κ1) is 9.92. The summed E-state index contributed by atoms with van der Waals surface area (Å²) in [6, 6.07) is 1.87. The SMILES string of the molecule is CCn1ccc(Nc2cncc(Cl)n2)n1. The lowest BCUT2D eigenvalue weighted by molar-refractivity contribution is 0.662. The number of nitrogens with zero attached hydrogens (tertiary/aromatic N) is 4. The van der Waals surface area contributed by atoms with Crippen molar-refractivity contribution in [1.82, 2.24) is 19.7 Å². The number of aromatic nitrogens is 4. The molecule has 15 heavy (non-hydrogen) atoms. The van der Waals surface area contributed by atoms with Crippen LogP contribution in [0, 0.1) is 0 Å². The second kappa shape index (κ2) is 4.27. The Morgan fingerprint density at radius 2 is 2.27 bits per heavy atom. The molecule has 6 heteroatoms. The van der Waals surface area contributed by atoms with Gasteiger partial charge < -0.3 is 5.32 Å². The second-order valence-corrected chi connectivity index (χ2v) is 3.30. The summed E-state index contributed by atoms with van der Waals surface area (Å²) in [6.07, 6.45) is 4.97. The van der Waals surface area contributed by atoms with Gasteiger partial charge in [0.05, 0.1) is 12.4 Å². The van der Waals surface area contributed by atoms with Gasteiger partial charge in [-0.25, -0.2) is 4.98 Å². The minimum absolute atomic E-state index is 0.356. The number of anilines is 2. The minimum atomic E-state index is 0.356. The van der Waals surface area contributed by atoms with Gasteiger partial charge in [-0.15, -0.1) is 0 Å². The predicted molar refractivity (Wildman–Crippen MR) is 58.2 cm³/mol. The average Bonchev–Trinajstić information content (AvgIpc) is 2.65. The molecule has 5 nitrogen and oxygen atoms in total. The summed E-state index contributed by atoms with van der Waals surface area (Å²) in [4.78, 5) is 7.96. The molecule has 0 aliphatic carbocycles. The van der Waals surface area contributed by atoms with Crippen molar-refractivity contribution in [3.63, 3.8) is 0 Å². The fourth-order valence-corrected chi connectivity index (χ4v) is 1.29. The van der Waals surface area contributed by atoms with Crippen molar-refractivity contribution in [2.24, 2.45) is 0 Å². The van der Waals surface area contributed by atoms with Crippen molar-refractivity contribution in [3.8, 4) is 0 Å². The maximum atomic E-state index is 5.70. The van der Waals surface area contributed by atoms with Crippen LogP contribution in [0.5, 0.6) is 0 Å². The molecule has 0 aliphatic rings. The highest BCUT2D eigenvalue weighted by Crippen LogP contribution is 2.12. The van der Waals surface area contributed by atoms with E-state index in [0.717, 1.165) is 12.4 Å². The smallest absolute Gasteiger partial charge is 0.153 e. The first-order valence-electron chi connectivity index (χ1n) is 4.56. The van der Waals surface area contributed by atoms with E-state index >= 15 is 0 Å². The molecule has 78 valence electrons. The van der Waals surface area contributed by atoms with Crippen molar-refractivity contribution in [2.45, 2.75) is 13.5 Å². The molecule has 0 fully saturated rings. The molecule has 0 radical (unpaired) electrons. The molecule has 0 spiro atoms.